The highest BCUT2D eigenvalue weighted by Crippen LogP contribution is 2.11. The van der Waals surface area contributed by atoms with Gasteiger partial charge in [-0.3, -0.25) is 0 Å². The van der Waals surface area contributed by atoms with Crippen LogP contribution in [0.5, 0.6) is 0 Å². The fourth-order valence-corrected chi connectivity index (χ4v) is 1.33. The molecule has 0 saturated heterocycles. The topological polar surface area (TPSA) is 52.5 Å². The van der Waals surface area contributed by atoms with Crippen molar-refractivity contribution < 1.29 is 10.2 Å². The molecule has 0 rings (SSSR count). The molecule has 0 spiro atoms. The van der Waals surface area contributed by atoms with Gasteiger partial charge in [0.2, 0.25) is 0 Å². The van der Waals surface area contributed by atoms with Crippen molar-refractivity contribution in [2.75, 3.05) is 38.3 Å². The summed E-state index contributed by atoms with van der Waals surface area (Å²) in [5.41, 5.74) is -0.376. The average molecular weight is 207 g/mol. The van der Waals surface area contributed by atoms with Crippen LogP contribution in [0, 0.1) is 5.41 Å². The van der Waals surface area contributed by atoms with E-state index in [1.807, 2.05) is 18.7 Å². The lowest BCUT2D eigenvalue weighted by molar-refractivity contribution is 0.0700. The van der Waals surface area contributed by atoms with Crippen LogP contribution in [0.15, 0.2) is 0 Å². The maximum absolute atomic E-state index is 8.98. The molecule has 3 nitrogen and oxygen atoms in total. The highest BCUT2D eigenvalue weighted by Gasteiger charge is 2.21. The van der Waals surface area contributed by atoms with Crippen LogP contribution in [-0.4, -0.2) is 48.5 Å². The number of aliphatic hydroxyl groups is 2. The van der Waals surface area contributed by atoms with Gasteiger partial charge in [-0.05, 0) is 25.0 Å². The van der Waals surface area contributed by atoms with Crippen molar-refractivity contribution in [1.82, 2.24) is 5.32 Å². The molecule has 0 fully saturated rings. The molecule has 0 bridgehead atoms. The molecule has 4 heteroatoms. The Morgan fingerprint density at radius 1 is 1.31 bits per heavy atom. The number of nitrogens with one attached hydrogen (secondary N) is 1. The highest BCUT2D eigenvalue weighted by atomic mass is 32.2. The Morgan fingerprint density at radius 3 is 2.38 bits per heavy atom. The van der Waals surface area contributed by atoms with E-state index in [1.165, 1.54) is 0 Å². The Hall–Kier alpha value is 0.230. The van der Waals surface area contributed by atoms with Crippen LogP contribution >= 0.6 is 11.8 Å². The third-order valence-corrected chi connectivity index (χ3v) is 2.71. The Labute approximate surface area is 84.9 Å². The van der Waals surface area contributed by atoms with Gasteiger partial charge in [0.1, 0.15) is 0 Å². The molecule has 0 unspecified atom stereocenters. The molecule has 0 aromatic carbocycles. The van der Waals surface area contributed by atoms with E-state index in [4.69, 9.17) is 10.2 Å². The van der Waals surface area contributed by atoms with Gasteiger partial charge in [0.25, 0.3) is 0 Å². The second-order valence-electron chi connectivity index (χ2n) is 3.65. The Morgan fingerprint density at radius 2 is 1.92 bits per heavy atom. The fourth-order valence-electron chi connectivity index (χ4n) is 0.893. The van der Waals surface area contributed by atoms with Gasteiger partial charge in [-0.15, -0.1) is 0 Å². The SMILES string of the molecule is CSCCCNCC(C)(CO)CO. The molecule has 0 aliphatic carbocycles. The van der Waals surface area contributed by atoms with Crippen molar-refractivity contribution in [2.24, 2.45) is 5.41 Å². The molecule has 0 amide bonds. The van der Waals surface area contributed by atoms with E-state index in [9.17, 15) is 0 Å². The van der Waals surface area contributed by atoms with E-state index in [-0.39, 0.29) is 18.6 Å². The van der Waals surface area contributed by atoms with E-state index >= 15 is 0 Å². The number of hydrogen-bond donors (Lipinski definition) is 3. The lowest BCUT2D eigenvalue weighted by Crippen LogP contribution is -2.38. The fraction of sp³-hybridized carbons (Fsp3) is 1.00. The third-order valence-electron chi connectivity index (χ3n) is 2.02. The molecule has 0 radical (unpaired) electrons. The summed E-state index contributed by atoms with van der Waals surface area (Å²) in [6.45, 7) is 3.55. The molecule has 3 N–H and O–H groups in total. The smallest absolute Gasteiger partial charge is 0.0518 e. The monoisotopic (exact) mass is 207 g/mol. The van der Waals surface area contributed by atoms with Crippen LogP contribution in [0.4, 0.5) is 0 Å². The summed E-state index contributed by atoms with van der Waals surface area (Å²) in [7, 11) is 0. The van der Waals surface area contributed by atoms with Crippen LogP contribution in [0.3, 0.4) is 0 Å². The van der Waals surface area contributed by atoms with Crippen molar-refractivity contribution in [1.29, 1.82) is 0 Å². The zero-order chi connectivity index (χ0) is 10.2. The van der Waals surface area contributed by atoms with E-state index in [0.717, 1.165) is 18.7 Å². The quantitative estimate of drug-likeness (QED) is 0.502. The number of rotatable bonds is 8. The minimum Gasteiger partial charge on any atom is -0.396 e. The second kappa shape index (κ2) is 7.62. The second-order valence-corrected chi connectivity index (χ2v) is 4.64. The average Bonchev–Trinajstić information content (AvgIpc) is 2.17. The van der Waals surface area contributed by atoms with E-state index in [0.29, 0.717) is 6.54 Å². The van der Waals surface area contributed by atoms with Gasteiger partial charge >= 0.3 is 0 Å². The van der Waals surface area contributed by atoms with Crippen LogP contribution in [0.2, 0.25) is 0 Å². The maximum atomic E-state index is 8.98. The molecule has 0 aliphatic rings. The van der Waals surface area contributed by atoms with Gasteiger partial charge in [0, 0.05) is 12.0 Å². The van der Waals surface area contributed by atoms with Crippen LogP contribution < -0.4 is 5.32 Å². The standard InChI is InChI=1S/C9H21NO2S/c1-9(7-11,8-12)6-10-4-3-5-13-2/h10-12H,3-8H2,1-2H3. The highest BCUT2D eigenvalue weighted by molar-refractivity contribution is 7.98. The van der Waals surface area contributed by atoms with Crippen LogP contribution in [0.25, 0.3) is 0 Å². The first-order valence-corrected chi connectivity index (χ1v) is 5.99. The summed E-state index contributed by atoms with van der Waals surface area (Å²) in [6.07, 6.45) is 3.22. The van der Waals surface area contributed by atoms with Crippen molar-refractivity contribution in [3.8, 4) is 0 Å². The Kier molecular flexibility index (Phi) is 7.75. The molecular weight excluding hydrogens is 186 g/mol. The van der Waals surface area contributed by atoms with Gasteiger partial charge in [-0.1, -0.05) is 6.92 Å². The number of hydrogen-bond acceptors (Lipinski definition) is 4. The summed E-state index contributed by atoms with van der Waals surface area (Å²) in [5.74, 6) is 1.15. The van der Waals surface area contributed by atoms with Crippen LogP contribution in [0.1, 0.15) is 13.3 Å². The summed E-state index contributed by atoms with van der Waals surface area (Å²) in [4.78, 5) is 0. The molecule has 0 heterocycles. The summed E-state index contributed by atoms with van der Waals surface area (Å²) in [6, 6.07) is 0. The molecule has 0 aromatic rings. The van der Waals surface area contributed by atoms with E-state index in [1.54, 1.807) is 0 Å². The van der Waals surface area contributed by atoms with Crippen molar-refractivity contribution in [3.05, 3.63) is 0 Å². The number of thioether (sulfide) groups is 1. The minimum atomic E-state index is -0.376. The van der Waals surface area contributed by atoms with Crippen molar-refractivity contribution in [3.63, 3.8) is 0 Å². The van der Waals surface area contributed by atoms with Crippen molar-refractivity contribution in [2.45, 2.75) is 13.3 Å². The predicted molar refractivity (Wildman–Crippen MR) is 58.1 cm³/mol. The van der Waals surface area contributed by atoms with Gasteiger partial charge in [0.15, 0.2) is 0 Å². The first kappa shape index (κ1) is 13.2. The molecule has 0 aliphatic heterocycles. The lowest BCUT2D eigenvalue weighted by atomic mass is 9.93. The summed E-state index contributed by atoms with van der Waals surface area (Å²) >= 11 is 1.83. The molecule has 0 saturated carbocycles. The van der Waals surface area contributed by atoms with Crippen molar-refractivity contribution >= 4 is 11.8 Å². The largest absolute Gasteiger partial charge is 0.396 e. The van der Waals surface area contributed by atoms with Gasteiger partial charge < -0.3 is 15.5 Å². The molecule has 0 atom stereocenters. The Balaban J connectivity index is 3.39. The van der Waals surface area contributed by atoms with Gasteiger partial charge in [0.05, 0.1) is 13.2 Å². The third kappa shape index (κ3) is 6.32. The van der Waals surface area contributed by atoms with Gasteiger partial charge in [-0.25, -0.2) is 0 Å². The van der Waals surface area contributed by atoms with E-state index < -0.39 is 0 Å². The molecule has 0 aromatic heterocycles. The normalized spacial score (nSPS) is 12.0. The first-order valence-electron chi connectivity index (χ1n) is 4.60. The van der Waals surface area contributed by atoms with Crippen LogP contribution in [-0.2, 0) is 0 Å². The predicted octanol–water partition coefficient (Wildman–Crippen LogP) is 0.320. The zero-order valence-corrected chi connectivity index (χ0v) is 9.36. The molecule has 13 heavy (non-hydrogen) atoms. The summed E-state index contributed by atoms with van der Waals surface area (Å²) < 4.78 is 0. The minimum absolute atomic E-state index is 0.0268. The molecule has 80 valence electrons. The zero-order valence-electron chi connectivity index (χ0n) is 8.55. The summed E-state index contributed by atoms with van der Waals surface area (Å²) in [5, 5.41) is 21.2. The first-order chi connectivity index (χ1) is 6.18. The van der Waals surface area contributed by atoms with E-state index in [2.05, 4.69) is 11.6 Å². The van der Waals surface area contributed by atoms with Gasteiger partial charge in [-0.2, -0.15) is 11.8 Å². The maximum Gasteiger partial charge on any atom is 0.0518 e. The molecular formula is C9H21NO2S. The Bertz CT molecular complexity index is 118. The number of aliphatic hydroxyl groups excluding tert-OH is 2. The lowest BCUT2D eigenvalue weighted by Gasteiger charge is -2.24.